The molecular weight excluding hydrogens is 751 g/mol. The fourth-order valence-corrected chi connectivity index (χ4v) is 10.4. The number of aromatic nitrogens is 1. The van der Waals surface area contributed by atoms with Crippen molar-refractivity contribution < 1.29 is 0 Å². The number of rotatable bonds is 7. The first-order chi connectivity index (χ1) is 30.5. The van der Waals surface area contributed by atoms with E-state index >= 15 is 0 Å². The minimum Gasteiger partial charge on any atom is -0.341 e. The van der Waals surface area contributed by atoms with E-state index in [1.807, 2.05) is 0 Å². The third-order valence-electron chi connectivity index (χ3n) is 13.5. The van der Waals surface area contributed by atoms with Gasteiger partial charge in [0, 0.05) is 62.4 Å². The summed E-state index contributed by atoms with van der Waals surface area (Å²) < 4.78 is 2.49. The molecule has 0 unspecified atom stereocenters. The number of anilines is 5. The molecule has 1 aromatic heterocycles. The van der Waals surface area contributed by atoms with Crippen LogP contribution in [0.2, 0.25) is 0 Å². The van der Waals surface area contributed by atoms with Crippen molar-refractivity contribution in [3.8, 4) is 39.1 Å². The van der Waals surface area contributed by atoms with Crippen LogP contribution in [0.3, 0.4) is 0 Å². The smallest absolute Gasteiger partial charge is 0.0594 e. The van der Waals surface area contributed by atoms with Gasteiger partial charge in [-0.15, -0.1) is 0 Å². The van der Waals surface area contributed by atoms with Crippen molar-refractivity contribution in [3.63, 3.8) is 0 Å². The summed E-state index contributed by atoms with van der Waals surface area (Å²) in [6.45, 7) is 5.69. The first kappa shape index (κ1) is 36.2. The largest absolute Gasteiger partial charge is 0.341 e. The third-order valence-corrected chi connectivity index (χ3v) is 13.5. The summed E-state index contributed by atoms with van der Waals surface area (Å²) in [6.07, 6.45) is 1.01. The van der Waals surface area contributed by atoms with E-state index in [0.717, 1.165) is 30.0 Å². The Hall–Kier alpha value is -7.62. The highest BCUT2D eigenvalue weighted by Gasteiger charge is 2.36. The molecule has 0 saturated heterocycles. The van der Waals surface area contributed by atoms with Crippen LogP contribution in [0.5, 0.6) is 0 Å². The zero-order chi connectivity index (χ0) is 41.4. The molecule has 0 fully saturated rings. The molecule has 1 aliphatic heterocycles. The molecular formula is C59H45N3. The van der Waals surface area contributed by atoms with Gasteiger partial charge in [0.15, 0.2) is 0 Å². The van der Waals surface area contributed by atoms with Crippen molar-refractivity contribution >= 4 is 50.2 Å². The van der Waals surface area contributed by atoms with Crippen LogP contribution >= 0.6 is 0 Å². The zero-order valence-electron chi connectivity index (χ0n) is 35.0. The Morgan fingerprint density at radius 1 is 0.435 bits per heavy atom. The van der Waals surface area contributed by atoms with Crippen LogP contribution in [0.15, 0.2) is 212 Å². The minimum absolute atomic E-state index is 0.0947. The van der Waals surface area contributed by atoms with Crippen LogP contribution in [0, 0.1) is 0 Å². The molecule has 0 bridgehead atoms. The lowest BCUT2D eigenvalue weighted by Crippen LogP contribution is -2.16. The van der Waals surface area contributed by atoms with E-state index in [4.69, 9.17) is 0 Å². The second kappa shape index (κ2) is 14.2. The third kappa shape index (κ3) is 5.73. The molecule has 296 valence electrons. The first-order valence-corrected chi connectivity index (χ1v) is 21.8. The normalized spacial score (nSPS) is 13.6. The van der Waals surface area contributed by atoms with Crippen molar-refractivity contribution in [3.05, 3.63) is 229 Å². The lowest BCUT2D eigenvalue weighted by molar-refractivity contribution is 0.660. The Bertz CT molecular complexity index is 3290. The number of fused-ring (bicyclic) bond motifs is 8. The van der Waals surface area contributed by atoms with Crippen molar-refractivity contribution in [2.45, 2.75) is 25.7 Å². The van der Waals surface area contributed by atoms with Crippen LogP contribution < -0.4 is 9.80 Å². The van der Waals surface area contributed by atoms with Gasteiger partial charge in [-0.2, -0.15) is 0 Å². The van der Waals surface area contributed by atoms with Gasteiger partial charge in [0.2, 0.25) is 0 Å². The zero-order valence-corrected chi connectivity index (χ0v) is 35.0. The maximum absolute atomic E-state index is 2.49. The highest BCUT2D eigenvalue weighted by molar-refractivity contribution is 6.12. The number of hydrogen-bond acceptors (Lipinski definition) is 2. The van der Waals surface area contributed by atoms with Crippen LogP contribution in [-0.4, -0.2) is 11.1 Å². The second-order valence-electron chi connectivity index (χ2n) is 17.3. The molecule has 9 aromatic carbocycles. The quantitative estimate of drug-likeness (QED) is 0.159. The molecule has 0 spiro atoms. The summed E-state index contributed by atoms with van der Waals surface area (Å²) in [7, 11) is 0. The highest BCUT2D eigenvalue weighted by Crippen LogP contribution is 2.51. The van der Waals surface area contributed by atoms with Gasteiger partial charge in [-0.05, 0) is 124 Å². The molecule has 10 aromatic rings. The Morgan fingerprint density at radius 2 is 1.00 bits per heavy atom. The second-order valence-corrected chi connectivity index (χ2v) is 17.3. The van der Waals surface area contributed by atoms with Crippen molar-refractivity contribution in [1.82, 2.24) is 4.57 Å². The number of hydrogen-bond donors (Lipinski definition) is 0. The van der Waals surface area contributed by atoms with E-state index in [1.165, 1.54) is 88.9 Å². The maximum Gasteiger partial charge on any atom is 0.0594 e. The van der Waals surface area contributed by atoms with Gasteiger partial charge in [-0.3, -0.25) is 0 Å². The predicted octanol–water partition coefficient (Wildman–Crippen LogP) is 15.6. The molecule has 0 amide bonds. The molecule has 1 aliphatic carbocycles. The molecule has 0 saturated carbocycles. The summed E-state index contributed by atoms with van der Waals surface area (Å²) in [6, 6.07) is 78.1. The monoisotopic (exact) mass is 795 g/mol. The van der Waals surface area contributed by atoms with Gasteiger partial charge in [0.05, 0.1) is 11.0 Å². The molecule has 2 heterocycles. The Kier molecular flexibility index (Phi) is 8.33. The molecule has 2 aliphatic rings. The predicted molar refractivity (Wildman–Crippen MR) is 261 cm³/mol. The van der Waals surface area contributed by atoms with Crippen LogP contribution in [0.4, 0.5) is 28.4 Å². The molecule has 0 radical (unpaired) electrons. The lowest BCUT2D eigenvalue weighted by atomic mass is 9.82. The number of nitrogens with zero attached hydrogens (tertiary/aromatic N) is 3. The Morgan fingerprint density at radius 3 is 1.71 bits per heavy atom. The number of benzene rings is 9. The summed E-state index contributed by atoms with van der Waals surface area (Å²) >= 11 is 0. The molecule has 0 N–H and O–H groups in total. The highest BCUT2D eigenvalue weighted by atomic mass is 15.2. The average molecular weight is 796 g/mol. The SMILES string of the molecule is CC1(C)c2ccccc2-c2ccc(N(c3ccc(-c4ccccc4)cc3)c3ccc(-c4ccc(-n5c6ccccc6c6ccc7c(c65)CCN7c5ccccc5)cc4)cc3)cc21. The minimum atomic E-state index is -0.0947. The van der Waals surface area contributed by atoms with Gasteiger partial charge in [-0.1, -0.05) is 153 Å². The summed E-state index contributed by atoms with van der Waals surface area (Å²) in [5, 5.41) is 2.60. The average Bonchev–Trinajstić information content (AvgIpc) is 3.99. The molecule has 0 atom stereocenters. The van der Waals surface area contributed by atoms with E-state index in [-0.39, 0.29) is 5.41 Å². The molecule has 12 rings (SSSR count). The standard InChI is InChI=1S/C59H45N3/c1-59(2)54-19-11-9-17-49(54)50-34-33-48(39-55(50)59)61(45-27-21-41(22-28-45)40-13-5-3-6-14-40)46-29-23-42(24-30-46)43-25-31-47(32-26-43)62-57-20-12-10-18-51(57)52-35-36-56-53(58(52)62)37-38-60(56)44-15-7-4-8-16-44/h3-36,39H,37-38H2,1-2H3. The Balaban J connectivity index is 0.912. The van der Waals surface area contributed by atoms with Gasteiger partial charge in [0.25, 0.3) is 0 Å². The van der Waals surface area contributed by atoms with E-state index in [0.29, 0.717) is 0 Å². The maximum atomic E-state index is 2.49. The van der Waals surface area contributed by atoms with Crippen LogP contribution in [0.1, 0.15) is 30.5 Å². The first-order valence-electron chi connectivity index (χ1n) is 21.8. The van der Waals surface area contributed by atoms with Gasteiger partial charge < -0.3 is 14.4 Å². The lowest BCUT2D eigenvalue weighted by Gasteiger charge is -2.28. The summed E-state index contributed by atoms with van der Waals surface area (Å²) in [5.74, 6) is 0. The fraction of sp³-hybridized carbons (Fsp3) is 0.0847. The number of para-hydroxylation sites is 2. The summed E-state index contributed by atoms with van der Waals surface area (Å²) in [5.41, 5.74) is 21.2. The van der Waals surface area contributed by atoms with Crippen molar-refractivity contribution in [2.24, 2.45) is 0 Å². The molecule has 62 heavy (non-hydrogen) atoms. The Labute approximate surface area is 363 Å². The summed E-state index contributed by atoms with van der Waals surface area (Å²) in [4.78, 5) is 4.87. The fourth-order valence-electron chi connectivity index (χ4n) is 10.4. The van der Waals surface area contributed by atoms with Crippen LogP contribution in [-0.2, 0) is 11.8 Å². The molecule has 3 nitrogen and oxygen atoms in total. The van der Waals surface area contributed by atoms with E-state index < -0.39 is 0 Å². The van der Waals surface area contributed by atoms with Crippen LogP contribution in [0.25, 0.3) is 60.9 Å². The van der Waals surface area contributed by atoms with Gasteiger partial charge >= 0.3 is 0 Å². The molecule has 3 heteroatoms. The van der Waals surface area contributed by atoms with E-state index in [2.05, 4.69) is 241 Å². The van der Waals surface area contributed by atoms with Crippen molar-refractivity contribution in [1.29, 1.82) is 0 Å². The van der Waals surface area contributed by atoms with Gasteiger partial charge in [-0.25, -0.2) is 0 Å². The van der Waals surface area contributed by atoms with Gasteiger partial charge in [0.1, 0.15) is 0 Å². The topological polar surface area (TPSA) is 11.4 Å². The van der Waals surface area contributed by atoms with E-state index in [1.54, 1.807) is 0 Å². The van der Waals surface area contributed by atoms with E-state index in [9.17, 15) is 0 Å². The van der Waals surface area contributed by atoms with Crippen molar-refractivity contribution in [2.75, 3.05) is 16.3 Å².